The number of hydrogen-bond acceptors (Lipinski definition) is 9. The van der Waals surface area contributed by atoms with Crippen molar-refractivity contribution in [2.45, 2.75) is 31.8 Å². The number of carbonyl (C=O) groups excluding carboxylic acids is 1. The lowest BCUT2D eigenvalue weighted by atomic mass is 10.0. The van der Waals surface area contributed by atoms with E-state index in [0.29, 0.717) is 54.5 Å². The van der Waals surface area contributed by atoms with Crippen molar-refractivity contribution >= 4 is 22.9 Å². The number of amides is 1. The van der Waals surface area contributed by atoms with E-state index in [2.05, 4.69) is 21.4 Å². The van der Waals surface area contributed by atoms with Gasteiger partial charge in [-0.3, -0.25) is 13.9 Å². The maximum Gasteiger partial charge on any atom is 0.335 e. The van der Waals surface area contributed by atoms with Gasteiger partial charge in [-0.2, -0.15) is 5.26 Å². The molecule has 5 rings (SSSR count). The number of nitrogens with one attached hydrogen (secondary N) is 1. The van der Waals surface area contributed by atoms with Crippen molar-refractivity contribution in [1.82, 2.24) is 29.3 Å². The number of carbonyl (C=O) groups is 1. The van der Waals surface area contributed by atoms with Gasteiger partial charge in [-0.1, -0.05) is 18.2 Å². The van der Waals surface area contributed by atoms with Crippen LogP contribution in [-0.2, 0) is 9.53 Å². The first-order valence-corrected chi connectivity index (χ1v) is 14.0. The monoisotopic (exact) mass is 582 g/mol. The van der Waals surface area contributed by atoms with Crippen LogP contribution in [0.4, 0.5) is 5.82 Å². The second-order valence-corrected chi connectivity index (χ2v) is 10.8. The van der Waals surface area contributed by atoms with Crippen LogP contribution in [0.1, 0.15) is 26.3 Å². The summed E-state index contributed by atoms with van der Waals surface area (Å²) in [5.41, 5.74) is 6.69. The van der Waals surface area contributed by atoms with E-state index >= 15 is 0 Å². The fraction of sp³-hybridized carbons (Fsp3) is 0.323. The van der Waals surface area contributed by atoms with Crippen LogP contribution in [0, 0.1) is 11.3 Å². The molecule has 1 amide bonds. The number of benzene rings is 2. The molecule has 3 heterocycles. The molecule has 1 fully saturated rings. The Hall–Kier alpha value is -4.99. The Morgan fingerprint density at radius 3 is 2.58 bits per heavy atom. The minimum atomic E-state index is -0.598. The number of imidazole rings is 1. The normalized spacial score (nSPS) is 15.5. The van der Waals surface area contributed by atoms with Crippen LogP contribution in [0.5, 0.6) is 11.5 Å². The summed E-state index contributed by atoms with van der Waals surface area (Å²) in [5, 5.41) is 13.1. The first kappa shape index (κ1) is 29.5. The van der Waals surface area contributed by atoms with E-state index < -0.39 is 5.54 Å². The van der Waals surface area contributed by atoms with Crippen molar-refractivity contribution in [3.63, 3.8) is 0 Å². The summed E-state index contributed by atoms with van der Waals surface area (Å²) in [4.78, 5) is 37.5. The van der Waals surface area contributed by atoms with E-state index in [9.17, 15) is 14.9 Å². The number of anilines is 1. The Morgan fingerprint density at radius 1 is 1.16 bits per heavy atom. The molecule has 3 N–H and O–H groups in total. The Labute approximate surface area is 249 Å². The van der Waals surface area contributed by atoms with Crippen molar-refractivity contribution in [3.8, 4) is 23.3 Å². The van der Waals surface area contributed by atoms with Gasteiger partial charge in [-0.25, -0.2) is 14.8 Å². The van der Waals surface area contributed by atoms with Gasteiger partial charge >= 0.3 is 5.69 Å². The summed E-state index contributed by atoms with van der Waals surface area (Å²) >= 11 is 0. The number of nitrogens with zero attached hydrogens (tertiary/aromatic N) is 6. The summed E-state index contributed by atoms with van der Waals surface area (Å²) in [6.45, 7) is 5.47. The number of rotatable bonds is 10. The highest BCUT2D eigenvalue weighted by Crippen LogP contribution is 2.29. The van der Waals surface area contributed by atoms with Gasteiger partial charge in [-0.15, -0.1) is 0 Å². The van der Waals surface area contributed by atoms with Crippen LogP contribution in [0.3, 0.4) is 0 Å². The predicted octanol–water partition coefficient (Wildman–Crippen LogP) is 3.19. The highest BCUT2D eigenvalue weighted by Gasteiger charge is 2.33. The number of fused-ring (bicyclic) bond motifs is 1. The molecule has 1 unspecified atom stereocenters. The van der Waals surface area contributed by atoms with Crippen molar-refractivity contribution < 1.29 is 14.3 Å². The quantitative estimate of drug-likeness (QED) is 0.163. The highest BCUT2D eigenvalue weighted by molar-refractivity contribution is 5.97. The SMILES string of the molecule is COCCNC(C)(C)C=C(C#N)C(=O)N1CCC(n2c(=O)n(-c3ccc(Oc4ccccc4)cc3)c3c(N)ncnc32)C1. The Balaban J connectivity index is 1.42. The molecule has 4 aromatic rings. The smallest absolute Gasteiger partial charge is 0.335 e. The number of ether oxygens (including phenoxy) is 2. The number of hydrogen-bond donors (Lipinski definition) is 2. The van der Waals surface area contributed by atoms with Crippen LogP contribution in [0.2, 0.25) is 0 Å². The van der Waals surface area contributed by atoms with E-state index in [1.54, 1.807) is 46.9 Å². The zero-order chi connectivity index (χ0) is 30.6. The molecule has 1 saturated heterocycles. The van der Waals surface area contributed by atoms with Gasteiger partial charge in [0.2, 0.25) is 0 Å². The van der Waals surface area contributed by atoms with E-state index in [-0.39, 0.29) is 35.6 Å². The third-order valence-electron chi connectivity index (χ3n) is 7.31. The summed E-state index contributed by atoms with van der Waals surface area (Å²) in [6.07, 6.45) is 3.46. The van der Waals surface area contributed by atoms with Crippen LogP contribution < -0.4 is 21.5 Å². The molecule has 0 spiro atoms. The fourth-order valence-corrected chi connectivity index (χ4v) is 5.26. The number of likely N-dealkylation sites (tertiary alicyclic amines) is 1. The van der Waals surface area contributed by atoms with E-state index in [0.717, 1.165) is 0 Å². The minimum absolute atomic E-state index is 0.0368. The maximum absolute atomic E-state index is 14.0. The van der Waals surface area contributed by atoms with Gasteiger partial charge in [0.25, 0.3) is 5.91 Å². The predicted molar refractivity (Wildman–Crippen MR) is 162 cm³/mol. The van der Waals surface area contributed by atoms with Crippen LogP contribution in [-0.4, -0.2) is 68.8 Å². The number of nitrogens with two attached hydrogens (primary N) is 1. The molecular weight excluding hydrogens is 548 g/mol. The molecular formula is C31H34N8O4. The number of nitriles is 1. The number of aromatic nitrogens is 4. The van der Waals surface area contributed by atoms with Crippen molar-refractivity contribution in [1.29, 1.82) is 5.26 Å². The van der Waals surface area contributed by atoms with Gasteiger partial charge in [0.15, 0.2) is 11.5 Å². The Kier molecular flexibility index (Phi) is 8.56. The maximum atomic E-state index is 14.0. The van der Waals surface area contributed by atoms with E-state index in [4.69, 9.17) is 15.2 Å². The zero-order valence-electron chi connectivity index (χ0n) is 24.4. The molecule has 12 nitrogen and oxygen atoms in total. The molecule has 12 heteroatoms. The summed E-state index contributed by atoms with van der Waals surface area (Å²) in [7, 11) is 1.61. The largest absolute Gasteiger partial charge is 0.457 e. The average Bonchev–Trinajstić information content (AvgIpc) is 3.59. The molecule has 222 valence electrons. The third-order valence-corrected chi connectivity index (χ3v) is 7.31. The molecule has 0 saturated carbocycles. The van der Waals surface area contributed by atoms with Gasteiger partial charge in [0.1, 0.15) is 35.0 Å². The summed E-state index contributed by atoms with van der Waals surface area (Å²) in [5.74, 6) is 1.09. The summed E-state index contributed by atoms with van der Waals surface area (Å²) < 4.78 is 14.0. The van der Waals surface area contributed by atoms with Gasteiger partial charge in [0, 0.05) is 32.3 Å². The molecule has 2 aromatic heterocycles. The van der Waals surface area contributed by atoms with Crippen LogP contribution >= 0.6 is 0 Å². The van der Waals surface area contributed by atoms with Crippen LogP contribution in [0.15, 0.2) is 77.4 Å². The second-order valence-electron chi connectivity index (χ2n) is 10.8. The molecule has 1 aliphatic heterocycles. The van der Waals surface area contributed by atoms with E-state index in [1.807, 2.05) is 44.2 Å². The standard InChI is InChI=1S/C31H34N8O4/c1-31(2,36-14-16-42-3)17-21(18-32)29(40)37-15-13-23(19-37)39-28-26(27(33)34-20-35-28)38(30(39)41)22-9-11-25(12-10-22)43-24-7-5-4-6-8-24/h4-12,17,20,23,36H,13-16,19H2,1-3H3,(H2,33,34,35). The lowest BCUT2D eigenvalue weighted by Gasteiger charge is -2.24. The number of para-hydroxylation sites is 1. The lowest BCUT2D eigenvalue weighted by molar-refractivity contribution is -0.125. The fourth-order valence-electron chi connectivity index (χ4n) is 5.26. The van der Waals surface area contributed by atoms with E-state index in [1.165, 1.54) is 10.9 Å². The first-order valence-electron chi connectivity index (χ1n) is 14.0. The zero-order valence-corrected chi connectivity index (χ0v) is 24.4. The first-order chi connectivity index (χ1) is 20.7. The van der Waals surface area contributed by atoms with Crippen LogP contribution in [0.25, 0.3) is 16.9 Å². The summed E-state index contributed by atoms with van der Waals surface area (Å²) in [6, 6.07) is 18.2. The number of nitrogen functional groups attached to an aromatic ring is 1. The van der Waals surface area contributed by atoms with Gasteiger partial charge < -0.3 is 25.4 Å². The minimum Gasteiger partial charge on any atom is -0.457 e. The Bertz CT molecular complexity index is 1740. The Morgan fingerprint density at radius 2 is 1.88 bits per heavy atom. The average molecular weight is 583 g/mol. The number of methoxy groups -OCH3 is 1. The second kappa shape index (κ2) is 12.5. The van der Waals surface area contributed by atoms with Gasteiger partial charge in [-0.05, 0) is 62.7 Å². The topological polar surface area (TPSA) is 153 Å². The molecule has 2 aromatic carbocycles. The highest BCUT2D eigenvalue weighted by atomic mass is 16.5. The van der Waals surface area contributed by atoms with Crippen molar-refractivity contribution in [3.05, 3.63) is 83.1 Å². The molecule has 0 aliphatic carbocycles. The van der Waals surface area contributed by atoms with Gasteiger partial charge in [0.05, 0.1) is 18.3 Å². The molecule has 1 aliphatic rings. The lowest BCUT2D eigenvalue weighted by Crippen LogP contribution is -2.40. The van der Waals surface area contributed by atoms with Crippen molar-refractivity contribution in [2.24, 2.45) is 0 Å². The molecule has 1 atom stereocenters. The van der Waals surface area contributed by atoms with Crippen molar-refractivity contribution in [2.75, 3.05) is 39.1 Å². The molecule has 0 radical (unpaired) electrons. The molecule has 0 bridgehead atoms. The third kappa shape index (κ3) is 6.28. The molecule has 43 heavy (non-hydrogen) atoms.